The van der Waals surface area contributed by atoms with Crippen molar-refractivity contribution in [2.45, 2.75) is 26.3 Å². The van der Waals surface area contributed by atoms with Gasteiger partial charge < -0.3 is 10.2 Å². The standard InChI is InChI=1S/C14H21ClN2OS/c1-10-5-6-12(15)9-13(10)16-14(18)17(3)11(2)7-8-19-4/h5-6,9,11H,7-8H2,1-4H3,(H,16,18)/t11-/m1/s1. The van der Waals surface area contributed by atoms with Gasteiger partial charge in [0.2, 0.25) is 0 Å². The minimum Gasteiger partial charge on any atom is -0.325 e. The quantitative estimate of drug-likeness (QED) is 0.881. The summed E-state index contributed by atoms with van der Waals surface area (Å²) in [6.07, 6.45) is 3.06. The van der Waals surface area contributed by atoms with Gasteiger partial charge in [-0.2, -0.15) is 11.8 Å². The lowest BCUT2D eigenvalue weighted by molar-refractivity contribution is 0.207. The Morgan fingerprint density at radius 1 is 1.53 bits per heavy atom. The fourth-order valence-electron chi connectivity index (χ4n) is 1.61. The zero-order chi connectivity index (χ0) is 14.4. The Balaban J connectivity index is 2.65. The summed E-state index contributed by atoms with van der Waals surface area (Å²) in [6, 6.07) is 5.60. The van der Waals surface area contributed by atoms with Crippen LogP contribution in [0.3, 0.4) is 0 Å². The molecule has 1 aromatic rings. The van der Waals surface area contributed by atoms with Crippen LogP contribution in [0.4, 0.5) is 10.5 Å². The normalized spacial score (nSPS) is 12.1. The fourth-order valence-corrected chi connectivity index (χ4v) is 2.36. The van der Waals surface area contributed by atoms with Crippen molar-refractivity contribution in [3.05, 3.63) is 28.8 Å². The number of amides is 2. The van der Waals surface area contributed by atoms with Gasteiger partial charge in [0.15, 0.2) is 0 Å². The van der Waals surface area contributed by atoms with E-state index in [0.717, 1.165) is 23.4 Å². The molecule has 2 amide bonds. The largest absolute Gasteiger partial charge is 0.325 e. The van der Waals surface area contributed by atoms with E-state index in [1.54, 1.807) is 22.7 Å². The van der Waals surface area contributed by atoms with Crippen molar-refractivity contribution in [3.63, 3.8) is 0 Å². The Kier molecular flexibility index (Phi) is 6.52. The number of thioether (sulfide) groups is 1. The fraction of sp³-hybridized carbons (Fsp3) is 0.500. The second-order valence-corrected chi connectivity index (χ2v) is 6.05. The molecular formula is C14H21ClN2OS. The van der Waals surface area contributed by atoms with Gasteiger partial charge in [-0.15, -0.1) is 0 Å². The molecule has 0 fully saturated rings. The highest BCUT2D eigenvalue weighted by atomic mass is 35.5. The summed E-state index contributed by atoms with van der Waals surface area (Å²) in [5, 5.41) is 3.53. The molecule has 0 saturated heterocycles. The molecule has 0 aromatic heterocycles. The second-order valence-electron chi connectivity index (χ2n) is 4.63. The van der Waals surface area contributed by atoms with E-state index in [9.17, 15) is 4.79 Å². The summed E-state index contributed by atoms with van der Waals surface area (Å²) in [7, 11) is 1.82. The van der Waals surface area contributed by atoms with Crippen molar-refractivity contribution >= 4 is 35.1 Å². The molecule has 3 nitrogen and oxygen atoms in total. The van der Waals surface area contributed by atoms with Gasteiger partial charge in [0.25, 0.3) is 0 Å². The first-order valence-electron chi connectivity index (χ1n) is 6.24. The minimum absolute atomic E-state index is 0.0982. The van der Waals surface area contributed by atoms with Crippen molar-refractivity contribution in [2.24, 2.45) is 0 Å². The lowest BCUT2D eigenvalue weighted by Gasteiger charge is -2.25. The van der Waals surface area contributed by atoms with Crippen LogP contribution < -0.4 is 5.32 Å². The number of anilines is 1. The number of carbonyl (C=O) groups excluding carboxylic acids is 1. The maximum absolute atomic E-state index is 12.1. The van der Waals surface area contributed by atoms with Crippen molar-refractivity contribution in [2.75, 3.05) is 24.4 Å². The molecule has 0 unspecified atom stereocenters. The first-order chi connectivity index (χ1) is 8.95. The highest BCUT2D eigenvalue weighted by Crippen LogP contribution is 2.20. The summed E-state index contributed by atoms with van der Waals surface area (Å²) in [4.78, 5) is 13.9. The Labute approximate surface area is 124 Å². The molecule has 1 aromatic carbocycles. The lowest BCUT2D eigenvalue weighted by atomic mass is 10.2. The van der Waals surface area contributed by atoms with Crippen molar-refractivity contribution < 1.29 is 4.79 Å². The molecular weight excluding hydrogens is 280 g/mol. The zero-order valence-corrected chi connectivity index (χ0v) is 13.4. The van der Waals surface area contributed by atoms with Crippen LogP contribution in [0, 0.1) is 6.92 Å². The van der Waals surface area contributed by atoms with Gasteiger partial charge in [0, 0.05) is 23.8 Å². The van der Waals surface area contributed by atoms with Gasteiger partial charge in [0.1, 0.15) is 0 Å². The average Bonchev–Trinajstić information content (AvgIpc) is 2.39. The third-order valence-corrected chi connectivity index (χ3v) is 4.04. The van der Waals surface area contributed by atoms with Gasteiger partial charge in [-0.3, -0.25) is 0 Å². The molecule has 0 bridgehead atoms. The number of benzene rings is 1. The van der Waals surface area contributed by atoms with Crippen LogP contribution in [0.5, 0.6) is 0 Å². The number of aryl methyl sites for hydroxylation is 1. The van der Waals surface area contributed by atoms with E-state index in [2.05, 4.69) is 18.5 Å². The van der Waals surface area contributed by atoms with Crippen LogP contribution in [-0.4, -0.2) is 36.0 Å². The number of hydrogen-bond acceptors (Lipinski definition) is 2. The molecule has 106 valence electrons. The summed E-state index contributed by atoms with van der Waals surface area (Å²) < 4.78 is 0. The van der Waals surface area contributed by atoms with Gasteiger partial charge >= 0.3 is 6.03 Å². The van der Waals surface area contributed by atoms with Crippen molar-refractivity contribution in [1.29, 1.82) is 0 Å². The summed E-state index contributed by atoms with van der Waals surface area (Å²) >= 11 is 7.73. The van der Waals surface area contributed by atoms with Crippen LogP contribution in [0.1, 0.15) is 18.9 Å². The van der Waals surface area contributed by atoms with Gasteiger partial charge in [0.05, 0.1) is 0 Å². The molecule has 1 atom stereocenters. The number of rotatable bonds is 5. The van der Waals surface area contributed by atoms with Gasteiger partial charge in [-0.25, -0.2) is 4.79 Å². The van der Waals surface area contributed by atoms with E-state index < -0.39 is 0 Å². The van der Waals surface area contributed by atoms with E-state index in [4.69, 9.17) is 11.6 Å². The maximum Gasteiger partial charge on any atom is 0.321 e. The van der Waals surface area contributed by atoms with Crippen LogP contribution in [0.15, 0.2) is 18.2 Å². The van der Waals surface area contributed by atoms with Gasteiger partial charge in [-0.05, 0) is 50.0 Å². The number of nitrogens with one attached hydrogen (secondary N) is 1. The summed E-state index contributed by atoms with van der Waals surface area (Å²) in [5.41, 5.74) is 1.77. The molecule has 19 heavy (non-hydrogen) atoms. The number of halogens is 1. The first-order valence-corrected chi connectivity index (χ1v) is 8.01. The molecule has 1 rings (SSSR count). The zero-order valence-electron chi connectivity index (χ0n) is 11.9. The lowest BCUT2D eigenvalue weighted by Crippen LogP contribution is -2.38. The molecule has 0 spiro atoms. The van der Waals surface area contributed by atoms with Crippen molar-refractivity contribution in [3.8, 4) is 0 Å². The summed E-state index contributed by atoms with van der Waals surface area (Å²) in [5.74, 6) is 1.05. The number of carbonyl (C=O) groups is 1. The average molecular weight is 301 g/mol. The third kappa shape index (κ3) is 4.96. The molecule has 0 radical (unpaired) electrons. The molecule has 0 aliphatic carbocycles. The highest BCUT2D eigenvalue weighted by molar-refractivity contribution is 7.98. The number of hydrogen-bond donors (Lipinski definition) is 1. The molecule has 1 N–H and O–H groups in total. The first kappa shape index (κ1) is 16.2. The van der Waals surface area contributed by atoms with Crippen LogP contribution in [-0.2, 0) is 0 Å². The highest BCUT2D eigenvalue weighted by Gasteiger charge is 2.16. The minimum atomic E-state index is -0.0982. The second kappa shape index (κ2) is 7.65. The Morgan fingerprint density at radius 3 is 2.84 bits per heavy atom. The molecule has 0 heterocycles. The molecule has 0 saturated carbocycles. The van der Waals surface area contributed by atoms with E-state index in [0.29, 0.717) is 5.02 Å². The number of nitrogens with zero attached hydrogens (tertiary/aromatic N) is 1. The summed E-state index contributed by atoms with van der Waals surface area (Å²) in [6.45, 7) is 4.00. The van der Waals surface area contributed by atoms with Crippen LogP contribution >= 0.6 is 23.4 Å². The van der Waals surface area contributed by atoms with Crippen LogP contribution in [0.25, 0.3) is 0 Å². The van der Waals surface area contributed by atoms with E-state index in [-0.39, 0.29) is 12.1 Å². The smallest absolute Gasteiger partial charge is 0.321 e. The topological polar surface area (TPSA) is 32.3 Å². The SMILES string of the molecule is CSCC[C@@H](C)N(C)C(=O)Nc1cc(Cl)ccc1C. The maximum atomic E-state index is 12.1. The predicted molar refractivity (Wildman–Crippen MR) is 85.4 cm³/mol. The molecule has 5 heteroatoms. The monoisotopic (exact) mass is 300 g/mol. The van der Waals surface area contributed by atoms with Crippen LogP contribution in [0.2, 0.25) is 5.02 Å². The van der Waals surface area contributed by atoms with E-state index in [1.807, 2.05) is 26.1 Å². The third-order valence-electron chi connectivity index (χ3n) is 3.16. The Bertz CT molecular complexity index is 439. The van der Waals surface area contributed by atoms with E-state index in [1.165, 1.54) is 0 Å². The Hall–Kier alpha value is -0.870. The molecule has 0 aliphatic heterocycles. The van der Waals surface area contributed by atoms with Gasteiger partial charge in [-0.1, -0.05) is 17.7 Å². The van der Waals surface area contributed by atoms with Crippen molar-refractivity contribution in [1.82, 2.24) is 4.90 Å². The number of urea groups is 1. The molecule has 0 aliphatic rings. The Morgan fingerprint density at radius 2 is 2.21 bits per heavy atom. The van der Waals surface area contributed by atoms with E-state index >= 15 is 0 Å². The predicted octanol–water partition coefficient (Wildman–Crippen LogP) is 4.25.